The van der Waals surface area contributed by atoms with Gasteiger partial charge in [-0.15, -0.1) is 0 Å². The van der Waals surface area contributed by atoms with Crippen molar-refractivity contribution in [3.05, 3.63) is 34.2 Å². The first kappa shape index (κ1) is 10.4. The molecular formula is C8H11NO3. The van der Waals surface area contributed by atoms with E-state index in [-0.39, 0.29) is 11.1 Å². The van der Waals surface area contributed by atoms with Crippen molar-refractivity contribution in [2.75, 3.05) is 0 Å². The number of pyridine rings is 1. The van der Waals surface area contributed by atoms with Crippen molar-refractivity contribution in [3.63, 3.8) is 0 Å². The molecule has 0 radical (unpaired) electrons. The average Bonchev–Trinajstić information content (AvgIpc) is 2.09. The van der Waals surface area contributed by atoms with E-state index >= 15 is 0 Å². The Hall–Kier alpha value is -1.58. The molecule has 0 aliphatic rings. The minimum atomic E-state index is -1.05. The van der Waals surface area contributed by atoms with Crippen LogP contribution in [0.15, 0.2) is 23.1 Å². The molecule has 1 aromatic heterocycles. The van der Waals surface area contributed by atoms with Gasteiger partial charge >= 0.3 is 5.97 Å². The van der Waals surface area contributed by atoms with Crippen molar-refractivity contribution in [1.29, 1.82) is 0 Å². The molecular weight excluding hydrogens is 158 g/mol. The van der Waals surface area contributed by atoms with Gasteiger partial charge in [0.05, 0.1) is 5.56 Å². The quantitative estimate of drug-likeness (QED) is 0.661. The Morgan fingerprint density at radius 3 is 2.33 bits per heavy atom. The van der Waals surface area contributed by atoms with Crippen LogP contribution in [0.2, 0.25) is 0 Å². The van der Waals surface area contributed by atoms with Crippen LogP contribution in [0.1, 0.15) is 24.2 Å². The van der Waals surface area contributed by atoms with Crippen LogP contribution in [0, 0.1) is 0 Å². The third-order valence-electron chi connectivity index (χ3n) is 1.03. The van der Waals surface area contributed by atoms with E-state index in [1.54, 1.807) is 0 Å². The molecule has 4 heteroatoms. The number of carboxylic acid groups (broad SMARTS) is 1. The fourth-order valence-corrected chi connectivity index (χ4v) is 0.544. The van der Waals surface area contributed by atoms with Gasteiger partial charge in [0.2, 0.25) is 5.56 Å². The minimum Gasteiger partial charge on any atom is -0.478 e. The molecule has 4 nitrogen and oxygen atoms in total. The fourth-order valence-electron chi connectivity index (χ4n) is 0.544. The number of aromatic nitrogens is 1. The van der Waals surface area contributed by atoms with Crippen LogP contribution in [0.3, 0.4) is 0 Å². The number of nitrogens with one attached hydrogen (secondary N) is 1. The van der Waals surface area contributed by atoms with Crippen molar-refractivity contribution >= 4 is 5.97 Å². The first-order valence-corrected chi connectivity index (χ1v) is 3.62. The van der Waals surface area contributed by atoms with E-state index in [0.717, 1.165) is 6.20 Å². The molecule has 0 fully saturated rings. The summed E-state index contributed by atoms with van der Waals surface area (Å²) in [5.74, 6) is -1.05. The first-order valence-electron chi connectivity index (χ1n) is 3.62. The van der Waals surface area contributed by atoms with Crippen LogP contribution in [0.4, 0.5) is 0 Å². The maximum Gasteiger partial charge on any atom is 0.337 e. The smallest absolute Gasteiger partial charge is 0.337 e. The van der Waals surface area contributed by atoms with E-state index in [0.29, 0.717) is 0 Å². The normalized spacial score (nSPS) is 8.17. The van der Waals surface area contributed by atoms with Gasteiger partial charge in [0.15, 0.2) is 0 Å². The SMILES string of the molecule is CC.O=C(O)c1ccc(=O)[nH]c1. The summed E-state index contributed by atoms with van der Waals surface area (Å²) in [5, 5.41) is 8.35. The highest BCUT2D eigenvalue weighted by atomic mass is 16.4. The Kier molecular flexibility index (Phi) is 4.45. The highest BCUT2D eigenvalue weighted by Crippen LogP contribution is 1.90. The molecule has 0 atom stereocenters. The molecule has 0 unspecified atom stereocenters. The summed E-state index contributed by atoms with van der Waals surface area (Å²) < 4.78 is 0. The average molecular weight is 169 g/mol. The number of hydrogen-bond donors (Lipinski definition) is 2. The van der Waals surface area contributed by atoms with Gasteiger partial charge in [0.1, 0.15) is 0 Å². The third-order valence-corrected chi connectivity index (χ3v) is 1.03. The summed E-state index contributed by atoms with van der Waals surface area (Å²) in [4.78, 5) is 22.8. The van der Waals surface area contributed by atoms with Gasteiger partial charge in [0.25, 0.3) is 0 Å². The standard InChI is InChI=1S/C6H5NO3.C2H6/c8-5-2-1-4(3-7-5)6(9)10;1-2/h1-3H,(H,7,8)(H,9,10);1-2H3. The summed E-state index contributed by atoms with van der Waals surface area (Å²) in [6, 6.07) is 2.42. The number of aromatic carboxylic acids is 1. The van der Waals surface area contributed by atoms with Gasteiger partial charge in [-0.3, -0.25) is 4.79 Å². The van der Waals surface area contributed by atoms with E-state index in [1.807, 2.05) is 13.8 Å². The second kappa shape index (κ2) is 5.12. The molecule has 0 saturated carbocycles. The summed E-state index contributed by atoms with van der Waals surface area (Å²) in [6.45, 7) is 4.00. The van der Waals surface area contributed by atoms with Gasteiger partial charge in [-0.1, -0.05) is 13.8 Å². The molecule has 0 aliphatic heterocycles. The van der Waals surface area contributed by atoms with Crippen LogP contribution >= 0.6 is 0 Å². The topological polar surface area (TPSA) is 70.2 Å². The molecule has 0 saturated heterocycles. The molecule has 0 aromatic carbocycles. The van der Waals surface area contributed by atoms with Gasteiger partial charge < -0.3 is 10.1 Å². The number of carboxylic acids is 1. The Morgan fingerprint density at radius 1 is 1.42 bits per heavy atom. The fraction of sp³-hybridized carbons (Fsp3) is 0.250. The zero-order valence-electron chi connectivity index (χ0n) is 7.00. The number of H-pyrrole nitrogens is 1. The molecule has 66 valence electrons. The van der Waals surface area contributed by atoms with Crippen molar-refractivity contribution in [2.24, 2.45) is 0 Å². The summed E-state index contributed by atoms with van der Waals surface area (Å²) in [5.41, 5.74) is -0.218. The summed E-state index contributed by atoms with van der Waals surface area (Å²) >= 11 is 0. The lowest BCUT2D eigenvalue weighted by Crippen LogP contribution is -2.05. The van der Waals surface area contributed by atoms with Gasteiger partial charge in [-0.25, -0.2) is 4.79 Å². The van der Waals surface area contributed by atoms with E-state index in [1.165, 1.54) is 12.1 Å². The third kappa shape index (κ3) is 3.01. The zero-order chi connectivity index (χ0) is 9.56. The van der Waals surface area contributed by atoms with E-state index < -0.39 is 5.97 Å². The Bertz CT molecular complexity index is 283. The van der Waals surface area contributed by atoms with Crippen LogP contribution in [0.5, 0.6) is 0 Å². The van der Waals surface area contributed by atoms with Gasteiger partial charge in [0, 0.05) is 12.3 Å². The predicted octanol–water partition coefficient (Wildman–Crippen LogP) is 1.10. The predicted molar refractivity (Wildman–Crippen MR) is 45.4 cm³/mol. The van der Waals surface area contributed by atoms with Crippen LogP contribution in [-0.2, 0) is 0 Å². The van der Waals surface area contributed by atoms with Gasteiger partial charge in [-0.2, -0.15) is 0 Å². The molecule has 1 aromatic rings. The molecule has 12 heavy (non-hydrogen) atoms. The van der Waals surface area contributed by atoms with E-state index in [4.69, 9.17) is 5.11 Å². The maximum absolute atomic E-state index is 10.4. The largest absolute Gasteiger partial charge is 0.478 e. The molecule has 1 rings (SSSR count). The molecule has 0 amide bonds. The molecule has 0 bridgehead atoms. The number of rotatable bonds is 1. The van der Waals surface area contributed by atoms with Crippen molar-refractivity contribution in [2.45, 2.75) is 13.8 Å². The van der Waals surface area contributed by atoms with E-state index in [2.05, 4.69) is 4.98 Å². The van der Waals surface area contributed by atoms with Crippen LogP contribution in [-0.4, -0.2) is 16.1 Å². The van der Waals surface area contributed by atoms with Crippen molar-refractivity contribution < 1.29 is 9.90 Å². The lowest BCUT2D eigenvalue weighted by atomic mass is 10.3. The summed E-state index contributed by atoms with van der Waals surface area (Å²) in [7, 11) is 0. The zero-order valence-corrected chi connectivity index (χ0v) is 7.00. The monoisotopic (exact) mass is 169 g/mol. The van der Waals surface area contributed by atoms with E-state index in [9.17, 15) is 9.59 Å². The molecule has 2 N–H and O–H groups in total. The Balaban J connectivity index is 0.000000561. The Morgan fingerprint density at radius 2 is 2.00 bits per heavy atom. The van der Waals surface area contributed by atoms with Crippen LogP contribution in [0.25, 0.3) is 0 Å². The first-order chi connectivity index (χ1) is 5.70. The highest BCUT2D eigenvalue weighted by Gasteiger charge is 1.98. The Labute approximate surface area is 69.9 Å². The van der Waals surface area contributed by atoms with Crippen molar-refractivity contribution in [3.8, 4) is 0 Å². The minimum absolute atomic E-state index is 0.0830. The lowest BCUT2D eigenvalue weighted by molar-refractivity contribution is 0.0696. The number of aromatic amines is 1. The lowest BCUT2D eigenvalue weighted by Gasteiger charge is -1.88. The molecule has 0 spiro atoms. The molecule has 0 aliphatic carbocycles. The van der Waals surface area contributed by atoms with Crippen molar-refractivity contribution in [1.82, 2.24) is 4.98 Å². The number of hydrogen-bond acceptors (Lipinski definition) is 2. The maximum atomic E-state index is 10.4. The molecule has 1 heterocycles. The second-order valence-corrected chi connectivity index (χ2v) is 1.75. The second-order valence-electron chi connectivity index (χ2n) is 1.75. The van der Waals surface area contributed by atoms with Gasteiger partial charge in [-0.05, 0) is 6.07 Å². The van der Waals surface area contributed by atoms with Crippen LogP contribution < -0.4 is 5.56 Å². The highest BCUT2D eigenvalue weighted by molar-refractivity contribution is 5.86. The summed E-state index contributed by atoms with van der Waals surface area (Å²) in [6.07, 6.45) is 1.16. The number of carbonyl (C=O) groups is 1.